The maximum absolute atomic E-state index is 12.2. The van der Waals surface area contributed by atoms with Crippen LogP contribution in [-0.2, 0) is 16.0 Å². The molecule has 6 nitrogen and oxygen atoms in total. The van der Waals surface area contributed by atoms with Crippen LogP contribution < -0.4 is 9.47 Å². The van der Waals surface area contributed by atoms with Crippen LogP contribution in [0.15, 0.2) is 53.7 Å². The smallest absolute Gasteiger partial charge is 0.330 e. The van der Waals surface area contributed by atoms with Crippen molar-refractivity contribution in [1.29, 1.82) is 0 Å². The molecule has 1 aromatic heterocycles. The summed E-state index contributed by atoms with van der Waals surface area (Å²) in [5.74, 6) is 1.03. The molecule has 0 spiro atoms. The van der Waals surface area contributed by atoms with Crippen molar-refractivity contribution < 1.29 is 19.0 Å². The molecule has 3 aromatic rings. The average molecular weight is 350 g/mol. The lowest BCUT2D eigenvalue weighted by atomic mass is 10.1. The van der Waals surface area contributed by atoms with Gasteiger partial charge in [0.25, 0.3) is 0 Å². The monoisotopic (exact) mass is 350 g/mol. The Bertz CT molecular complexity index is 977. The fraction of sp³-hybridized carbons (Fsp3) is 0.200. The average Bonchev–Trinajstić information content (AvgIpc) is 3.31. The van der Waals surface area contributed by atoms with Gasteiger partial charge in [-0.2, -0.15) is 0 Å². The quantitative estimate of drug-likeness (QED) is 0.567. The number of aliphatic imine (C=N–C) groups is 1. The molecule has 6 heteroatoms. The molecule has 0 bridgehead atoms. The van der Waals surface area contributed by atoms with Crippen molar-refractivity contribution in [2.75, 3.05) is 13.9 Å². The maximum Gasteiger partial charge on any atom is 0.330 e. The van der Waals surface area contributed by atoms with Gasteiger partial charge in [-0.1, -0.05) is 18.2 Å². The number of ether oxygens (including phenoxy) is 3. The highest BCUT2D eigenvalue weighted by Gasteiger charge is 2.20. The molecule has 0 unspecified atom stereocenters. The van der Waals surface area contributed by atoms with Gasteiger partial charge in [-0.15, -0.1) is 0 Å². The Balaban J connectivity index is 1.58. The largest absolute Gasteiger partial charge is 0.467 e. The Morgan fingerprint density at radius 2 is 2.12 bits per heavy atom. The molecule has 1 aliphatic heterocycles. The highest BCUT2D eigenvalue weighted by molar-refractivity contribution is 5.87. The number of hydrogen-bond acceptors (Lipinski definition) is 5. The summed E-state index contributed by atoms with van der Waals surface area (Å²) in [5, 5.41) is 1.08. The third-order valence-corrected chi connectivity index (χ3v) is 4.36. The van der Waals surface area contributed by atoms with Crippen LogP contribution in [0.25, 0.3) is 10.9 Å². The van der Waals surface area contributed by atoms with E-state index in [0.29, 0.717) is 17.9 Å². The van der Waals surface area contributed by atoms with Crippen molar-refractivity contribution >= 4 is 23.1 Å². The van der Waals surface area contributed by atoms with E-state index >= 15 is 0 Å². The second-order valence-electron chi connectivity index (χ2n) is 5.99. The molecule has 1 aliphatic rings. The van der Waals surface area contributed by atoms with Gasteiger partial charge in [-0.05, 0) is 35.4 Å². The van der Waals surface area contributed by atoms with Crippen molar-refractivity contribution in [3.05, 3.63) is 59.8 Å². The number of benzene rings is 2. The SMILES string of the molecule is COC(=O)[C@@H](Cc1c[nH]c2ccccc12)N=Cc1ccc2c(c1)OCO2. The molecule has 0 radical (unpaired) electrons. The molecule has 4 rings (SSSR count). The van der Waals surface area contributed by atoms with Crippen molar-refractivity contribution in [2.45, 2.75) is 12.5 Å². The van der Waals surface area contributed by atoms with Gasteiger partial charge in [-0.3, -0.25) is 4.99 Å². The molecule has 26 heavy (non-hydrogen) atoms. The Morgan fingerprint density at radius 3 is 3.00 bits per heavy atom. The van der Waals surface area contributed by atoms with Gasteiger partial charge in [0.15, 0.2) is 17.5 Å². The van der Waals surface area contributed by atoms with Crippen molar-refractivity contribution in [3.8, 4) is 11.5 Å². The van der Waals surface area contributed by atoms with Gasteiger partial charge in [-0.25, -0.2) is 4.79 Å². The first kappa shape index (κ1) is 16.2. The predicted octanol–water partition coefficient (Wildman–Crippen LogP) is 3.10. The zero-order chi connectivity index (χ0) is 17.9. The summed E-state index contributed by atoms with van der Waals surface area (Å²) in [6, 6.07) is 12.9. The molecule has 0 saturated carbocycles. The lowest BCUT2D eigenvalue weighted by molar-refractivity contribution is -0.142. The standard InChI is InChI=1S/C20H18N2O4/c1-24-20(23)17(9-14-11-22-16-5-3-2-4-15(14)16)21-10-13-6-7-18-19(8-13)26-12-25-18/h2-8,10-11,17,22H,9,12H2,1H3/t17-/m1/s1. The summed E-state index contributed by atoms with van der Waals surface area (Å²) in [6.45, 7) is 0.223. The summed E-state index contributed by atoms with van der Waals surface area (Å²) in [5.41, 5.74) is 2.90. The number of carbonyl (C=O) groups is 1. The lowest BCUT2D eigenvalue weighted by Gasteiger charge is -2.09. The molecule has 2 heterocycles. The van der Waals surface area contributed by atoms with Crippen LogP contribution in [-0.4, -0.2) is 37.1 Å². The number of H-pyrrole nitrogens is 1. The second-order valence-corrected chi connectivity index (χ2v) is 5.99. The predicted molar refractivity (Wildman–Crippen MR) is 98.0 cm³/mol. The van der Waals surface area contributed by atoms with E-state index in [1.54, 1.807) is 6.21 Å². The minimum Gasteiger partial charge on any atom is -0.467 e. The van der Waals surface area contributed by atoms with E-state index < -0.39 is 6.04 Å². The van der Waals surface area contributed by atoms with E-state index in [1.165, 1.54) is 7.11 Å². The number of para-hydroxylation sites is 1. The molecule has 1 atom stereocenters. The molecule has 132 valence electrons. The second kappa shape index (κ2) is 6.92. The topological polar surface area (TPSA) is 72.9 Å². The molecule has 0 fully saturated rings. The number of aromatic nitrogens is 1. The van der Waals surface area contributed by atoms with Gasteiger partial charge >= 0.3 is 5.97 Å². The zero-order valence-electron chi connectivity index (χ0n) is 14.3. The number of methoxy groups -OCH3 is 1. The summed E-state index contributed by atoms with van der Waals surface area (Å²) in [6.07, 6.45) is 4.03. The number of hydrogen-bond donors (Lipinski definition) is 1. The van der Waals surface area contributed by atoms with Gasteiger partial charge < -0.3 is 19.2 Å². The van der Waals surface area contributed by atoms with Crippen LogP contribution in [0.1, 0.15) is 11.1 Å². The number of rotatable bonds is 5. The normalized spacial score (nSPS) is 14.0. The third-order valence-electron chi connectivity index (χ3n) is 4.36. The van der Waals surface area contributed by atoms with E-state index in [0.717, 1.165) is 22.0 Å². The summed E-state index contributed by atoms with van der Waals surface area (Å²) in [7, 11) is 1.38. The van der Waals surface area contributed by atoms with Crippen LogP contribution in [0, 0.1) is 0 Å². The molecule has 0 amide bonds. The van der Waals surface area contributed by atoms with E-state index in [-0.39, 0.29) is 12.8 Å². The maximum atomic E-state index is 12.2. The van der Waals surface area contributed by atoms with Crippen molar-refractivity contribution in [3.63, 3.8) is 0 Å². The van der Waals surface area contributed by atoms with E-state index in [9.17, 15) is 4.79 Å². The van der Waals surface area contributed by atoms with Crippen LogP contribution >= 0.6 is 0 Å². The first-order chi connectivity index (χ1) is 12.7. The Hall–Kier alpha value is -3.28. The highest BCUT2D eigenvalue weighted by Crippen LogP contribution is 2.32. The van der Waals surface area contributed by atoms with Gasteiger partial charge in [0.05, 0.1) is 7.11 Å². The van der Waals surface area contributed by atoms with E-state index in [2.05, 4.69) is 9.98 Å². The first-order valence-electron chi connectivity index (χ1n) is 8.30. The third kappa shape index (κ3) is 3.13. The molecule has 2 aromatic carbocycles. The summed E-state index contributed by atoms with van der Waals surface area (Å²) < 4.78 is 15.6. The van der Waals surface area contributed by atoms with Crippen LogP contribution in [0.5, 0.6) is 11.5 Å². The molecular formula is C20H18N2O4. The van der Waals surface area contributed by atoms with E-state index in [1.807, 2.05) is 48.7 Å². The van der Waals surface area contributed by atoms with Gasteiger partial charge in [0.1, 0.15) is 0 Å². The summed E-state index contributed by atoms with van der Waals surface area (Å²) in [4.78, 5) is 19.9. The summed E-state index contributed by atoms with van der Waals surface area (Å²) >= 11 is 0. The number of aromatic amines is 1. The molecule has 0 aliphatic carbocycles. The number of nitrogens with one attached hydrogen (secondary N) is 1. The van der Waals surface area contributed by atoms with Gasteiger partial charge in [0.2, 0.25) is 6.79 Å². The highest BCUT2D eigenvalue weighted by atomic mass is 16.7. The number of nitrogens with zero attached hydrogens (tertiary/aromatic N) is 1. The van der Waals surface area contributed by atoms with Crippen molar-refractivity contribution in [2.24, 2.45) is 4.99 Å². The zero-order valence-corrected chi connectivity index (χ0v) is 14.3. The lowest BCUT2D eigenvalue weighted by Crippen LogP contribution is -2.23. The molecule has 1 N–H and O–H groups in total. The van der Waals surface area contributed by atoms with Crippen LogP contribution in [0.4, 0.5) is 0 Å². The van der Waals surface area contributed by atoms with Crippen LogP contribution in [0.3, 0.4) is 0 Å². The van der Waals surface area contributed by atoms with Crippen molar-refractivity contribution in [1.82, 2.24) is 4.98 Å². The van der Waals surface area contributed by atoms with E-state index in [4.69, 9.17) is 14.2 Å². The Morgan fingerprint density at radius 1 is 1.27 bits per heavy atom. The fourth-order valence-corrected chi connectivity index (χ4v) is 3.01. The number of fused-ring (bicyclic) bond motifs is 2. The van der Waals surface area contributed by atoms with Crippen LogP contribution in [0.2, 0.25) is 0 Å². The number of esters is 1. The fourth-order valence-electron chi connectivity index (χ4n) is 3.01. The number of carbonyl (C=O) groups excluding carboxylic acids is 1. The minimum absolute atomic E-state index is 0.223. The Kier molecular flexibility index (Phi) is 4.31. The first-order valence-corrected chi connectivity index (χ1v) is 8.30. The molecular weight excluding hydrogens is 332 g/mol. The minimum atomic E-state index is -0.621. The molecule has 0 saturated heterocycles. The Labute approximate surface area is 150 Å². The van der Waals surface area contributed by atoms with Gasteiger partial charge in [0, 0.05) is 29.7 Å².